The monoisotopic (exact) mass is 324 g/mol. The summed E-state index contributed by atoms with van der Waals surface area (Å²) in [5.74, 6) is -0.131. The average Bonchev–Trinajstić information content (AvgIpc) is 2.66. The van der Waals surface area contributed by atoms with Gasteiger partial charge < -0.3 is 9.64 Å². The van der Waals surface area contributed by atoms with E-state index in [4.69, 9.17) is 15.4 Å². The lowest BCUT2D eigenvalue weighted by Crippen LogP contribution is -2.48. The fourth-order valence-corrected chi connectivity index (χ4v) is 3.93. The molecule has 2 aliphatic rings. The molecule has 0 saturated carbocycles. The Morgan fingerprint density at radius 2 is 1.80 bits per heavy atom. The Hall–Kier alpha value is -0.370. The minimum Gasteiger partial charge on any atom is -0.373 e. The van der Waals surface area contributed by atoms with Gasteiger partial charge >= 0.3 is 0 Å². The van der Waals surface area contributed by atoms with E-state index in [1.165, 1.54) is 0 Å². The Balaban J connectivity index is 1.84. The van der Waals surface area contributed by atoms with Crippen molar-refractivity contribution in [3.63, 3.8) is 0 Å². The van der Waals surface area contributed by atoms with Gasteiger partial charge in [0.1, 0.15) is 5.25 Å². The Labute approximate surface area is 124 Å². The van der Waals surface area contributed by atoms with Crippen molar-refractivity contribution < 1.29 is 17.9 Å². The number of morpholine rings is 1. The van der Waals surface area contributed by atoms with E-state index < -0.39 is 14.3 Å². The molecular formula is C12H21ClN2O4S. The third-order valence-corrected chi connectivity index (χ3v) is 5.63. The van der Waals surface area contributed by atoms with Gasteiger partial charge in [0.05, 0.1) is 12.2 Å². The van der Waals surface area contributed by atoms with Gasteiger partial charge in [-0.2, -0.15) is 0 Å². The minimum atomic E-state index is -3.65. The standard InChI is InChI=1S/C12H21ClN2O4S/c1-9-6-14(7-10(2)19-9)3-4-15-8-11(5-12(15)16)20(13,17)18/h9-11H,3-8H2,1-2H3/t9-,10+,11?. The second-order valence-electron chi connectivity index (χ2n) is 5.66. The Bertz CT molecular complexity index is 460. The quantitative estimate of drug-likeness (QED) is 0.694. The molecule has 0 aromatic carbocycles. The van der Waals surface area contributed by atoms with Crippen LogP contribution in [0.4, 0.5) is 0 Å². The third-order valence-electron chi connectivity index (χ3n) is 3.76. The molecule has 6 nitrogen and oxygen atoms in total. The molecule has 20 heavy (non-hydrogen) atoms. The highest BCUT2D eigenvalue weighted by atomic mass is 35.7. The third kappa shape index (κ3) is 4.07. The number of likely N-dealkylation sites (tertiary alicyclic amines) is 1. The number of hydrogen-bond acceptors (Lipinski definition) is 5. The molecule has 8 heteroatoms. The van der Waals surface area contributed by atoms with Gasteiger partial charge in [-0.1, -0.05) is 0 Å². The first-order valence-electron chi connectivity index (χ1n) is 6.84. The summed E-state index contributed by atoms with van der Waals surface area (Å²) in [7, 11) is 1.67. The molecule has 0 N–H and O–H groups in total. The average molecular weight is 325 g/mol. The number of hydrogen-bond donors (Lipinski definition) is 0. The lowest BCUT2D eigenvalue weighted by molar-refractivity contribution is -0.128. The molecular weight excluding hydrogens is 304 g/mol. The first-order chi connectivity index (χ1) is 9.25. The molecule has 2 saturated heterocycles. The smallest absolute Gasteiger partial charge is 0.237 e. The van der Waals surface area contributed by atoms with Gasteiger partial charge in [0.15, 0.2) is 0 Å². The highest BCUT2D eigenvalue weighted by Gasteiger charge is 2.37. The van der Waals surface area contributed by atoms with Crippen molar-refractivity contribution in [2.45, 2.75) is 37.7 Å². The summed E-state index contributed by atoms with van der Waals surface area (Å²) < 4.78 is 28.2. The highest BCUT2D eigenvalue weighted by molar-refractivity contribution is 8.14. The van der Waals surface area contributed by atoms with Crippen LogP contribution < -0.4 is 0 Å². The van der Waals surface area contributed by atoms with Gasteiger partial charge in [0, 0.05) is 49.8 Å². The van der Waals surface area contributed by atoms with Gasteiger partial charge in [-0.05, 0) is 13.8 Å². The molecule has 0 aromatic rings. The largest absolute Gasteiger partial charge is 0.373 e. The van der Waals surface area contributed by atoms with Crippen LogP contribution in [-0.2, 0) is 18.6 Å². The summed E-state index contributed by atoms with van der Waals surface area (Å²) in [5.41, 5.74) is 0. The zero-order valence-corrected chi connectivity index (χ0v) is 13.4. The van der Waals surface area contributed by atoms with Crippen molar-refractivity contribution in [3.8, 4) is 0 Å². The van der Waals surface area contributed by atoms with Crippen molar-refractivity contribution in [3.05, 3.63) is 0 Å². The maximum atomic E-state index is 11.8. The van der Waals surface area contributed by atoms with Crippen LogP contribution in [0.15, 0.2) is 0 Å². The summed E-state index contributed by atoms with van der Waals surface area (Å²) in [5, 5.41) is -0.765. The second-order valence-corrected chi connectivity index (χ2v) is 8.57. The zero-order chi connectivity index (χ0) is 14.9. The van der Waals surface area contributed by atoms with Crippen LogP contribution in [0.2, 0.25) is 0 Å². The van der Waals surface area contributed by atoms with Gasteiger partial charge in [-0.15, -0.1) is 0 Å². The normalized spacial score (nSPS) is 32.9. The maximum absolute atomic E-state index is 11.8. The topological polar surface area (TPSA) is 66.9 Å². The predicted molar refractivity (Wildman–Crippen MR) is 76.2 cm³/mol. The van der Waals surface area contributed by atoms with Crippen LogP contribution in [0.1, 0.15) is 20.3 Å². The molecule has 0 aliphatic carbocycles. The number of carbonyl (C=O) groups excluding carboxylic acids is 1. The Morgan fingerprint density at radius 3 is 2.30 bits per heavy atom. The van der Waals surface area contributed by atoms with E-state index in [1.807, 2.05) is 13.8 Å². The van der Waals surface area contributed by atoms with Crippen molar-refractivity contribution in [1.82, 2.24) is 9.80 Å². The SMILES string of the molecule is C[C@@H]1CN(CCN2CC(S(=O)(=O)Cl)CC2=O)C[C@H](C)O1. The molecule has 1 unspecified atom stereocenters. The molecule has 0 bridgehead atoms. The molecule has 2 rings (SSSR count). The van der Waals surface area contributed by atoms with Crippen molar-refractivity contribution in [2.75, 3.05) is 32.7 Å². The molecule has 2 heterocycles. The van der Waals surface area contributed by atoms with Crippen LogP contribution in [0.3, 0.4) is 0 Å². The predicted octanol–water partition coefficient (Wildman–Crippen LogP) is 0.265. The lowest BCUT2D eigenvalue weighted by atomic mass is 10.2. The van der Waals surface area contributed by atoms with E-state index in [1.54, 1.807) is 4.90 Å². The van der Waals surface area contributed by atoms with Gasteiger partial charge in [0.2, 0.25) is 15.0 Å². The number of carbonyl (C=O) groups is 1. The highest BCUT2D eigenvalue weighted by Crippen LogP contribution is 2.21. The Morgan fingerprint density at radius 1 is 1.20 bits per heavy atom. The number of amides is 1. The van der Waals surface area contributed by atoms with E-state index >= 15 is 0 Å². The van der Waals surface area contributed by atoms with Crippen LogP contribution >= 0.6 is 10.7 Å². The van der Waals surface area contributed by atoms with Crippen molar-refractivity contribution in [2.24, 2.45) is 0 Å². The molecule has 0 radical (unpaired) electrons. The fourth-order valence-electron chi connectivity index (χ4n) is 2.87. The molecule has 116 valence electrons. The summed E-state index contributed by atoms with van der Waals surface area (Å²) in [6.45, 7) is 7.22. The van der Waals surface area contributed by atoms with Crippen LogP contribution in [0, 0.1) is 0 Å². The van der Waals surface area contributed by atoms with Crippen molar-refractivity contribution in [1.29, 1.82) is 0 Å². The summed E-state index contributed by atoms with van der Waals surface area (Å²) in [6, 6.07) is 0. The molecule has 2 aliphatic heterocycles. The molecule has 3 atom stereocenters. The summed E-state index contributed by atoms with van der Waals surface area (Å²) in [6.07, 6.45) is 0.370. The number of ether oxygens (including phenoxy) is 1. The maximum Gasteiger partial charge on any atom is 0.237 e. The van der Waals surface area contributed by atoms with E-state index in [0.29, 0.717) is 6.54 Å². The first kappa shape index (κ1) is 16.0. The summed E-state index contributed by atoms with van der Waals surface area (Å²) >= 11 is 0. The van der Waals surface area contributed by atoms with Crippen LogP contribution in [-0.4, -0.2) is 74.3 Å². The number of halogens is 1. The van der Waals surface area contributed by atoms with Crippen LogP contribution in [0.25, 0.3) is 0 Å². The first-order valence-corrected chi connectivity index (χ1v) is 9.22. The second kappa shape index (κ2) is 6.17. The van der Waals surface area contributed by atoms with E-state index in [-0.39, 0.29) is 31.1 Å². The van der Waals surface area contributed by atoms with Gasteiger partial charge in [-0.3, -0.25) is 9.69 Å². The molecule has 0 spiro atoms. The Kier molecular flexibility index (Phi) is 4.94. The molecule has 2 fully saturated rings. The summed E-state index contributed by atoms with van der Waals surface area (Å²) in [4.78, 5) is 15.6. The van der Waals surface area contributed by atoms with E-state index in [0.717, 1.165) is 19.6 Å². The lowest BCUT2D eigenvalue weighted by Gasteiger charge is -2.36. The van der Waals surface area contributed by atoms with Gasteiger partial charge in [0.25, 0.3) is 0 Å². The number of nitrogens with zero attached hydrogens (tertiary/aromatic N) is 2. The number of rotatable bonds is 4. The van der Waals surface area contributed by atoms with Crippen molar-refractivity contribution >= 4 is 25.6 Å². The van der Waals surface area contributed by atoms with E-state index in [9.17, 15) is 13.2 Å². The van der Waals surface area contributed by atoms with Crippen LogP contribution in [0.5, 0.6) is 0 Å². The molecule has 1 amide bonds. The molecule has 0 aromatic heterocycles. The van der Waals surface area contributed by atoms with Gasteiger partial charge in [-0.25, -0.2) is 8.42 Å². The minimum absolute atomic E-state index is 0.00174. The van der Waals surface area contributed by atoms with E-state index in [2.05, 4.69) is 4.90 Å². The fraction of sp³-hybridized carbons (Fsp3) is 0.917. The zero-order valence-electron chi connectivity index (χ0n) is 11.8.